The third-order valence-corrected chi connectivity index (χ3v) is 4.30. The average Bonchev–Trinajstić information content (AvgIpc) is 2.85. The largest absolute Gasteiger partial charge is 0.493 e. The number of benzene rings is 1. The third kappa shape index (κ3) is 4.74. The Bertz CT molecular complexity index is 558. The zero-order valence-corrected chi connectivity index (χ0v) is 14.6. The minimum atomic E-state index is 0.0432. The van der Waals surface area contributed by atoms with Gasteiger partial charge in [0.25, 0.3) is 5.91 Å². The minimum absolute atomic E-state index is 0.0432. The van der Waals surface area contributed by atoms with Gasteiger partial charge in [0.15, 0.2) is 11.5 Å². The highest BCUT2D eigenvalue weighted by Crippen LogP contribution is 2.29. The maximum Gasteiger partial charge on any atom is 0.253 e. The van der Waals surface area contributed by atoms with E-state index in [1.165, 1.54) is 0 Å². The van der Waals surface area contributed by atoms with Crippen LogP contribution in [0.15, 0.2) is 30.9 Å². The van der Waals surface area contributed by atoms with Crippen molar-refractivity contribution in [3.63, 3.8) is 0 Å². The molecule has 132 valence electrons. The summed E-state index contributed by atoms with van der Waals surface area (Å²) in [5.41, 5.74) is 0.628. The molecule has 0 spiro atoms. The first-order valence-corrected chi connectivity index (χ1v) is 8.39. The molecule has 1 aromatic rings. The van der Waals surface area contributed by atoms with Crippen LogP contribution in [0.1, 0.15) is 29.6 Å². The smallest absolute Gasteiger partial charge is 0.253 e. The number of likely N-dealkylation sites (tertiary alicyclic amines) is 1. The summed E-state index contributed by atoms with van der Waals surface area (Å²) in [7, 11) is 3.31. The molecule has 1 aliphatic heterocycles. The van der Waals surface area contributed by atoms with Crippen molar-refractivity contribution in [3.05, 3.63) is 36.4 Å². The molecule has 0 aliphatic carbocycles. The fourth-order valence-corrected chi connectivity index (χ4v) is 3.02. The van der Waals surface area contributed by atoms with Crippen molar-refractivity contribution >= 4 is 5.91 Å². The number of hydrogen-bond donors (Lipinski definition) is 0. The molecule has 0 radical (unpaired) electrons. The summed E-state index contributed by atoms with van der Waals surface area (Å²) in [4.78, 5) is 14.7. The van der Waals surface area contributed by atoms with Gasteiger partial charge in [0.2, 0.25) is 0 Å². The van der Waals surface area contributed by atoms with Gasteiger partial charge in [-0.1, -0.05) is 12.7 Å². The molecule has 1 amide bonds. The number of amides is 1. The third-order valence-electron chi connectivity index (χ3n) is 4.30. The highest BCUT2D eigenvalue weighted by molar-refractivity contribution is 5.95. The number of hydrogen-bond acceptors (Lipinski definition) is 4. The van der Waals surface area contributed by atoms with Gasteiger partial charge in [0, 0.05) is 32.4 Å². The molecule has 2 rings (SSSR count). The van der Waals surface area contributed by atoms with E-state index >= 15 is 0 Å². The molecule has 1 fully saturated rings. The van der Waals surface area contributed by atoms with E-state index in [0.717, 1.165) is 39.0 Å². The van der Waals surface area contributed by atoms with Crippen LogP contribution >= 0.6 is 0 Å². The summed E-state index contributed by atoms with van der Waals surface area (Å²) in [6, 6.07) is 5.32. The molecule has 5 nitrogen and oxygen atoms in total. The fourth-order valence-electron chi connectivity index (χ4n) is 3.02. The van der Waals surface area contributed by atoms with Crippen LogP contribution in [-0.4, -0.2) is 51.3 Å². The first-order chi connectivity index (χ1) is 11.7. The molecule has 0 aromatic heterocycles. The predicted octanol–water partition coefficient (Wildman–Crippen LogP) is 3.15. The molecule has 1 aliphatic rings. The molecule has 1 atom stereocenters. The average molecular weight is 333 g/mol. The van der Waals surface area contributed by atoms with E-state index in [1.807, 2.05) is 4.90 Å². The van der Waals surface area contributed by atoms with Gasteiger partial charge in [-0.25, -0.2) is 0 Å². The molecule has 1 saturated heterocycles. The lowest BCUT2D eigenvalue weighted by Gasteiger charge is -2.21. The topological polar surface area (TPSA) is 48.0 Å². The Morgan fingerprint density at radius 3 is 2.83 bits per heavy atom. The van der Waals surface area contributed by atoms with Crippen molar-refractivity contribution < 1.29 is 19.0 Å². The summed E-state index contributed by atoms with van der Waals surface area (Å²) in [6.07, 6.45) is 4.77. The molecular formula is C19H27NO4. The summed E-state index contributed by atoms with van der Waals surface area (Å²) in [6.45, 7) is 6.35. The fraction of sp³-hybridized carbons (Fsp3) is 0.526. The number of methoxy groups -OCH3 is 2. The summed E-state index contributed by atoms with van der Waals surface area (Å²) in [5, 5.41) is 0. The number of carbonyl (C=O) groups is 1. The van der Waals surface area contributed by atoms with Gasteiger partial charge in [-0.2, -0.15) is 0 Å². The van der Waals surface area contributed by atoms with Gasteiger partial charge in [-0.15, -0.1) is 0 Å². The van der Waals surface area contributed by atoms with Gasteiger partial charge in [0.05, 0.1) is 7.11 Å². The first kappa shape index (κ1) is 18.3. The molecule has 0 bridgehead atoms. The van der Waals surface area contributed by atoms with Gasteiger partial charge < -0.3 is 19.1 Å². The number of carbonyl (C=O) groups excluding carboxylic acids is 1. The van der Waals surface area contributed by atoms with Crippen LogP contribution < -0.4 is 9.47 Å². The molecule has 0 N–H and O–H groups in total. The van der Waals surface area contributed by atoms with Crippen LogP contribution in [0.25, 0.3) is 0 Å². The first-order valence-electron chi connectivity index (χ1n) is 8.39. The van der Waals surface area contributed by atoms with Crippen molar-refractivity contribution in [2.24, 2.45) is 5.92 Å². The molecule has 0 saturated carbocycles. The van der Waals surface area contributed by atoms with E-state index in [0.29, 0.717) is 29.6 Å². The zero-order chi connectivity index (χ0) is 17.4. The van der Waals surface area contributed by atoms with E-state index in [2.05, 4.69) is 6.58 Å². The number of rotatable bonds is 7. The molecule has 0 unspecified atom stereocenters. The Morgan fingerprint density at radius 1 is 1.29 bits per heavy atom. The normalized spacial score (nSPS) is 17.9. The second kappa shape index (κ2) is 9.33. The Hall–Kier alpha value is -2.01. The Kier molecular flexibility index (Phi) is 7.12. The second-order valence-corrected chi connectivity index (χ2v) is 6.01. The van der Waals surface area contributed by atoms with Crippen LogP contribution in [0.4, 0.5) is 0 Å². The quantitative estimate of drug-likeness (QED) is 0.719. The summed E-state index contributed by atoms with van der Waals surface area (Å²) in [5.74, 6) is 1.76. The zero-order valence-electron chi connectivity index (χ0n) is 14.6. The molecular weight excluding hydrogens is 306 g/mol. The van der Waals surface area contributed by atoms with E-state index in [-0.39, 0.29) is 5.91 Å². The van der Waals surface area contributed by atoms with Gasteiger partial charge >= 0.3 is 0 Å². The van der Waals surface area contributed by atoms with E-state index in [9.17, 15) is 4.79 Å². The van der Waals surface area contributed by atoms with Crippen LogP contribution in [-0.2, 0) is 4.74 Å². The maximum absolute atomic E-state index is 12.8. The van der Waals surface area contributed by atoms with Crippen molar-refractivity contribution in [1.82, 2.24) is 4.90 Å². The lowest BCUT2D eigenvalue weighted by atomic mass is 10.0. The van der Waals surface area contributed by atoms with Crippen molar-refractivity contribution in [2.45, 2.75) is 19.3 Å². The van der Waals surface area contributed by atoms with Crippen molar-refractivity contribution in [1.29, 1.82) is 0 Å². The number of ether oxygens (including phenoxy) is 3. The van der Waals surface area contributed by atoms with E-state index < -0.39 is 0 Å². The highest BCUT2D eigenvalue weighted by atomic mass is 16.5. The van der Waals surface area contributed by atoms with Crippen LogP contribution in [0.5, 0.6) is 11.5 Å². The van der Waals surface area contributed by atoms with Crippen LogP contribution in [0.2, 0.25) is 0 Å². The lowest BCUT2D eigenvalue weighted by molar-refractivity contribution is 0.0755. The lowest BCUT2D eigenvalue weighted by Crippen LogP contribution is -2.32. The Balaban J connectivity index is 2.07. The summed E-state index contributed by atoms with van der Waals surface area (Å²) >= 11 is 0. The highest BCUT2D eigenvalue weighted by Gasteiger charge is 2.22. The number of nitrogens with zero attached hydrogens (tertiary/aromatic N) is 1. The Morgan fingerprint density at radius 2 is 2.12 bits per heavy atom. The second-order valence-electron chi connectivity index (χ2n) is 6.01. The molecule has 5 heteroatoms. The van der Waals surface area contributed by atoms with Crippen molar-refractivity contribution in [2.75, 3.05) is 40.5 Å². The van der Waals surface area contributed by atoms with Crippen LogP contribution in [0, 0.1) is 5.92 Å². The molecule has 1 heterocycles. The minimum Gasteiger partial charge on any atom is -0.493 e. The SMILES string of the molecule is C=CCOc1ccc(C(=O)N2CCC[C@H](COC)CC2)cc1OC. The standard InChI is InChI=1S/C19H27NO4/c1-4-12-24-17-8-7-16(13-18(17)23-3)19(21)20-10-5-6-15(9-11-20)14-22-2/h4,7-8,13,15H,1,5-6,9-12,14H2,2-3H3/t15-/m0/s1. The van der Waals surface area contributed by atoms with Gasteiger partial charge in [-0.3, -0.25) is 4.79 Å². The summed E-state index contributed by atoms with van der Waals surface area (Å²) < 4.78 is 16.1. The van der Waals surface area contributed by atoms with E-state index in [4.69, 9.17) is 14.2 Å². The Labute approximate surface area is 144 Å². The van der Waals surface area contributed by atoms with E-state index in [1.54, 1.807) is 38.5 Å². The van der Waals surface area contributed by atoms with Gasteiger partial charge in [-0.05, 0) is 43.4 Å². The molecule has 1 aromatic carbocycles. The monoisotopic (exact) mass is 333 g/mol. The van der Waals surface area contributed by atoms with Crippen LogP contribution in [0.3, 0.4) is 0 Å². The van der Waals surface area contributed by atoms with Crippen molar-refractivity contribution in [3.8, 4) is 11.5 Å². The predicted molar refractivity (Wildman–Crippen MR) is 93.8 cm³/mol. The molecule has 24 heavy (non-hydrogen) atoms. The maximum atomic E-state index is 12.8. The van der Waals surface area contributed by atoms with Gasteiger partial charge in [0.1, 0.15) is 6.61 Å².